The summed E-state index contributed by atoms with van der Waals surface area (Å²) in [5, 5.41) is 3.02. The Morgan fingerprint density at radius 3 is 2.28 bits per heavy atom. The van der Waals surface area contributed by atoms with E-state index in [4.69, 9.17) is 9.47 Å². The SMILES string of the molecule is CC[C@H](C(=O)N[C@@H](C)CC)N(Cc1ccc(OC)cc1)C(=O)COc1ccc(C)cc1C. The molecule has 0 unspecified atom stereocenters. The van der Waals surface area contributed by atoms with Gasteiger partial charge in [-0.05, 0) is 62.9 Å². The summed E-state index contributed by atoms with van der Waals surface area (Å²) >= 11 is 0. The van der Waals surface area contributed by atoms with Gasteiger partial charge in [0.15, 0.2) is 6.61 Å². The predicted octanol–water partition coefficient (Wildman–Crippen LogP) is 4.41. The van der Waals surface area contributed by atoms with E-state index in [1.165, 1.54) is 0 Å². The molecule has 0 aliphatic rings. The van der Waals surface area contributed by atoms with E-state index in [-0.39, 0.29) is 24.5 Å². The normalized spacial score (nSPS) is 12.6. The molecular formula is C26H36N2O4. The zero-order valence-corrected chi connectivity index (χ0v) is 20.1. The van der Waals surface area contributed by atoms with Crippen LogP contribution in [-0.2, 0) is 16.1 Å². The number of amides is 2. The highest BCUT2D eigenvalue weighted by Gasteiger charge is 2.29. The zero-order chi connectivity index (χ0) is 23.7. The van der Waals surface area contributed by atoms with Crippen LogP contribution in [0.3, 0.4) is 0 Å². The van der Waals surface area contributed by atoms with Crippen LogP contribution >= 0.6 is 0 Å². The smallest absolute Gasteiger partial charge is 0.261 e. The number of carbonyl (C=O) groups is 2. The fraction of sp³-hybridized carbons (Fsp3) is 0.462. The van der Waals surface area contributed by atoms with Gasteiger partial charge in [-0.2, -0.15) is 0 Å². The lowest BCUT2D eigenvalue weighted by Gasteiger charge is -2.31. The van der Waals surface area contributed by atoms with Crippen molar-refractivity contribution in [1.82, 2.24) is 10.2 Å². The van der Waals surface area contributed by atoms with Crippen molar-refractivity contribution >= 4 is 11.8 Å². The van der Waals surface area contributed by atoms with E-state index in [2.05, 4.69) is 5.32 Å². The summed E-state index contributed by atoms with van der Waals surface area (Å²) in [4.78, 5) is 27.9. The lowest BCUT2D eigenvalue weighted by atomic mass is 10.1. The van der Waals surface area contributed by atoms with Crippen molar-refractivity contribution in [3.8, 4) is 11.5 Å². The molecule has 6 nitrogen and oxygen atoms in total. The molecule has 0 heterocycles. The van der Waals surface area contributed by atoms with Crippen molar-refractivity contribution in [3.63, 3.8) is 0 Å². The summed E-state index contributed by atoms with van der Waals surface area (Å²) in [5.74, 6) is 1.04. The van der Waals surface area contributed by atoms with Crippen LogP contribution in [0.1, 0.15) is 50.3 Å². The monoisotopic (exact) mass is 440 g/mol. The fourth-order valence-corrected chi connectivity index (χ4v) is 3.47. The van der Waals surface area contributed by atoms with E-state index in [0.29, 0.717) is 18.7 Å². The minimum Gasteiger partial charge on any atom is -0.497 e. The third-order valence-electron chi connectivity index (χ3n) is 5.58. The molecular weight excluding hydrogens is 404 g/mol. The highest BCUT2D eigenvalue weighted by Crippen LogP contribution is 2.20. The second-order valence-electron chi connectivity index (χ2n) is 8.17. The van der Waals surface area contributed by atoms with E-state index in [0.717, 1.165) is 28.9 Å². The Morgan fingerprint density at radius 1 is 1.03 bits per heavy atom. The molecule has 2 aromatic carbocycles. The summed E-state index contributed by atoms with van der Waals surface area (Å²) in [6.45, 7) is 10.0. The summed E-state index contributed by atoms with van der Waals surface area (Å²) in [6, 6.07) is 12.8. The number of benzene rings is 2. The van der Waals surface area contributed by atoms with Crippen molar-refractivity contribution in [2.24, 2.45) is 0 Å². The summed E-state index contributed by atoms with van der Waals surface area (Å²) in [6.07, 6.45) is 1.33. The molecule has 2 aromatic rings. The quantitative estimate of drug-likeness (QED) is 0.562. The molecule has 2 amide bonds. The van der Waals surface area contributed by atoms with Gasteiger partial charge in [0.2, 0.25) is 5.91 Å². The van der Waals surface area contributed by atoms with Gasteiger partial charge >= 0.3 is 0 Å². The topological polar surface area (TPSA) is 67.9 Å². The van der Waals surface area contributed by atoms with Gasteiger partial charge in [0, 0.05) is 12.6 Å². The van der Waals surface area contributed by atoms with Crippen LogP contribution in [0.4, 0.5) is 0 Å². The standard InChI is InChI=1S/C26H36N2O4/c1-7-20(5)27-26(30)23(8-2)28(16-21-10-12-22(31-6)13-11-21)25(29)17-32-24-14-9-18(3)15-19(24)4/h9-15,20,23H,7-8,16-17H2,1-6H3,(H,27,30)/t20-,23+/m0/s1. The minimum absolute atomic E-state index is 0.0425. The van der Waals surface area contributed by atoms with Crippen LogP contribution in [0.15, 0.2) is 42.5 Å². The maximum atomic E-state index is 13.3. The van der Waals surface area contributed by atoms with Crippen LogP contribution in [0.5, 0.6) is 11.5 Å². The van der Waals surface area contributed by atoms with Crippen LogP contribution in [-0.4, -0.2) is 42.5 Å². The van der Waals surface area contributed by atoms with Gasteiger partial charge in [0.1, 0.15) is 17.5 Å². The van der Waals surface area contributed by atoms with Crippen molar-refractivity contribution in [1.29, 1.82) is 0 Å². The first-order valence-electron chi connectivity index (χ1n) is 11.2. The van der Waals surface area contributed by atoms with E-state index < -0.39 is 6.04 Å². The number of rotatable bonds is 11. The number of ether oxygens (including phenoxy) is 2. The van der Waals surface area contributed by atoms with Crippen LogP contribution in [0, 0.1) is 13.8 Å². The van der Waals surface area contributed by atoms with Crippen molar-refractivity contribution in [2.45, 2.75) is 66.1 Å². The second-order valence-corrected chi connectivity index (χ2v) is 8.17. The third-order valence-corrected chi connectivity index (χ3v) is 5.58. The molecule has 2 rings (SSSR count). The Labute approximate surface area is 191 Å². The van der Waals surface area contributed by atoms with Gasteiger partial charge in [-0.25, -0.2) is 0 Å². The molecule has 2 atom stereocenters. The first-order valence-corrected chi connectivity index (χ1v) is 11.2. The molecule has 0 aliphatic carbocycles. The Morgan fingerprint density at radius 2 is 1.72 bits per heavy atom. The molecule has 0 spiro atoms. The van der Waals surface area contributed by atoms with Crippen LogP contribution < -0.4 is 14.8 Å². The average molecular weight is 441 g/mol. The van der Waals surface area contributed by atoms with E-state index >= 15 is 0 Å². The molecule has 32 heavy (non-hydrogen) atoms. The molecule has 174 valence electrons. The molecule has 1 N–H and O–H groups in total. The van der Waals surface area contributed by atoms with Gasteiger partial charge < -0.3 is 19.7 Å². The number of nitrogens with zero attached hydrogens (tertiary/aromatic N) is 1. The number of aryl methyl sites for hydroxylation is 2. The lowest BCUT2D eigenvalue weighted by Crippen LogP contribution is -2.51. The Bertz CT molecular complexity index is 895. The highest BCUT2D eigenvalue weighted by atomic mass is 16.5. The Balaban J connectivity index is 2.23. The molecule has 0 aliphatic heterocycles. The first-order chi connectivity index (χ1) is 15.3. The van der Waals surface area contributed by atoms with Gasteiger partial charge in [-0.1, -0.05) is 43.7 Å². The number of carbonyl (C=O) groups excluding carboxylic acids is 2. The van der Waals surface area contributed by atoms with Crippen LogP contribution in [0.25, 0.3) is 0 Å². The van der Waals surface area contributed by atoms with Gasteiger partial charge in [0.25, 0.3) is 5.91 Å². The molecule has 0 fully saturated rings. The van der Waals surface area contributed by atoms with E-state index in [9.17, 15) is 9.59 Å². The third kappa shape index (κ3) is 7.01. The van der Waals surface area contributed by atoms with Crippen LogP contribution in [0.2, 0.25) is 0 Å². The van der Waals surface area contributed by atoms with Crippen molar-refractivity contribution < 1.29 is 19.1 Å². The average Bonchev–Trinajstić information content (AvgIpc) is 2.78. The summed E-state index contributed by atoms with van der Waals surface area (Å²) in [5.41, 5.74) is 3.02. The van der Waals surface area contributed by atoms with E-state index in [1.807, 2.05) is 77.1 Å². The molecule has 6 heteroatoms. The van der Waals surface area contributed by atoms with Gasteiger partial charge in [-0.3, -0.25) is 9.59 Å². The number of hydrogen-bond donors (Lipinski definition) is 1. The van der Waals surface area contributed by atoms with Gasteiger partial charge in [-0.15, -0.1) is 0 Å². The predicted molar refractivity (Wildman–Crippen MR) is 127 cm³/mol. The molecule has 0 aromatic heterocycles. The van der Waals surface area contributed by atoms with E-state index in [1.54, 1.807) is 12.0 Å². The molecule has 0 bridgehead atoms. The molecule has 0 saturated heterocycles. The maximum Gasteiger partial charge on any atom is 0.261 e. The lowest BCUT2D eigenvalue weighted by molar-refractivity contribution is -0.143. The summed E-state index contributed by atoms with van der Waals surface area (Å²) < 4.78 is 11.1. The highest BCUT2D eigenvalue weighted by molar-refractivity contribution is 5.88. The Kier molecular flexibility index (Phi) is 9.57. The zero-order valence-electron chi connectivity index (χ0n) is 20.1. The minimum atomic E-state index is -0.582. The molecule has 0 saturated carbocycles. The molecule has 0 radical (unpaired) electrons. The maximum absolute atomic E-state index is 13.3. The largest absolute Gasteiger partial charge is 0.497 e. The van der Waals surface area contributed by atoms with Crippen molar-refractivity contribution in [3.05, 3.63) is 59.2 Å². The number of methoxy groups -OCH3 is 1. The first kappa shape index (κ1) is 25.2. The van der Waals surface area contributed by atoms with Gasteiger partial charge in [0.05, 0.1) is 7.11 Å². The second kappa shape index (κ2) is 12.1. The fourth-order valence-electron chi connectivity index (χ4n) is 3.47. The Hall–Kier alpha value is -3.02. The number of nitrogens with one attached hydrogen (secondary N) is 1. The number of hydrogen-bond acceptors (Lipinski definition) is 4. The summed E-state index contributed by atoms with van der Waals surface area (Å²) in [7, 11) is 1.61. The van der Waals surface area contributed by atoms with Crippen molar-refractivity contribution in [2.75, 3.05) is 13.7 Å².